The summed E-state index contributed by atoms with van der Waals surface area (Å²) in [6.07, 6.45) is 3.50. The van der Waals surface area contributed by atoms with Crippen LogP contribution in [0.5, 0.6) is 0 Å². The topological polar surface area (TPSA) is 87.7 Å². The first-order chi connectivity index (χ1) is 9.47. The molecule has 2 rings (SSSR count). The number of nitrogens with zero attached hydrogens (tertiary/aromatic N) is 1. The van der Waals surface area contributed by atoms with E-state index in [9.17, 15) is 13.2 Å². The van der Waals surface area contributed by atoms with E-state index in [-0.39, 0.29) is 18.5 Å². The summed E-state index contributed by atoms with van der Waals surface area (Å²) in [7, 11) is -3.23. The third-order valence-corrected chi connectivity index (χ3v) is 4.39. The largest absolute Gasteiger partial charge is 0.366 e. The Morgan fingerprint density at radius 3 is 2.90 bits per heavy atom. The number of carbonyl (C=O) groups excluding carboxylic acids is 1. The predicted octanol–water partition coefficient (Wildman–Crippen LogP) is -1.09. The van der Waals surface area contributed by atoms with Gasteiger partial charge < -0.3 is 15.0 Å². The van der Waals surface area contributed by atoms with Crippen molar-refractivity contribution in [1.29, 1.82) is 0 Å². The molecule has 2 atom stereocenters. The number of sulfonamides is 1. The summed E-state index contributed by atoms with van der Waals surface area (Å²) < 4.78 is 30.4. The van der Waals surface area contributed by atoms with E-state index in [2.05, 4.69) is 10.0 Å². The van der Waals surface area contributed by atoms with Crippen molar-refractivity contribution in [1.82, 2.24) is 14.9 Å². The van der Waals surface area contributed by atoms with Crippen molar-refractivity contribution in [3.05, 3.63) is 0 Å². The van der Waals surface area contributed by atoms with Crippen LogP contribution in [0.1, 0.15) is 19.3 Å². The maximum absolute atomic E-state index is 12.5. The second-order valence-electron chi connectivity index (χ2n) is 5.37. The van der Waals surface area contributed by atoms with Crippen LogP contribution in [-0.4, -0.2) is 70.4 Å². The molecule has 2 heterocycles. The molecule has 0 bridgehead atoms. The first-order valence-electron chi connectivity index (χ1n) is 7.05. The molecule has 2 N–H and O–H groups in total. The molecule has 0 radical (unpaired) electrons. The summed E-state index contributed by atoms with van der Waals surface area (Å²) in [4.78, 5) is 14.2. The molecule has 20 heavy (non-hydrogen) atoms. The maximum atomic E-state index is 12.5. The van der Waals surface area contributed by atoms with Crippen molar-refractivity contribution in [2.75, 3.05) is 39.0 Å². The lowest BCUT2D eigenvalue weighted by atomic mass is 10.0. The minimum atomic E-state index is -3.23. The van der Waals surface area contributed by atoms with Crippen LogP contribution in [0.3, 0.4) is 0 Å². The third kappa shape index (κ3) is 4.41. The van der Waals surface area contributed by atoms with Crippen LogP contribution in [0.4, 0.5) is 0 Å². The summed E-state index contributed by atoms with van der Waals surface area (Å²) in [5.74, 6) is -0.0304. The molecule has 0 spiro atoms. The normalized spacial score (nSPS) is 28.4. The zero-order chi connectivity index (χ0) is 14.6. The molecule has 1 amide bonds. The zero-order valence-corrected chi connectivity index (χ0v) is 12.6. The molecule has 0 saturated carbocycles. The minimum Gasteiger partial charge on any atom is -0.366 e. The molecule has 2 aliphatic heterocycles. The molecular weight excluding hydrogens is 282 g/mol. The molecule has 8 heteroatoms. The summed E-state index contributed by atoms with van der Waals surface area (Å²) >= 11 is 0. The number of nitrogens with one attached hydrogen (secondary N) is 2. The van der Waals surface area contributed by atoms with Gasteiger partial charge in [0.25, 0.3) is 5.91 Å². The SMILES string of the molecule is CS(=O)(=O)NCC1CCCCN1C(=O)C1CNCCO1. The molecule has 2 saturated heterocycles. The first-order valence-corrected chi connectivity index (χ1v) is 8.94. The van der Waals surface area contributed by atoms with Gasteiger partial charge in [0.1, 0.15) is 6.10 Å². The molecule has 0 aromatic carbocycles. The van der Waals surface area contributed by atoms with Gasteiger partial charge in [-0.2, -0.15) is 0 Å². The van der Waals surface area contributed by atoms with E-state index in [1.165, 1.54) is 0 Å². The lowest BCUT2D eigenvalue weighted by Crippen LogP contribution is -2.56. The van der Waals surface area contributed by atoms with Gasteiger partial charge in [-0.1, -0.05) is 0 Å². The fraction of sp³-hybridized carbons (Fsp3) is 0.917. The Labute approximate surface area is 120 Å². The number of piperidine rings is 1. The Morgan fingerprint density at radius 1 is 1.45 bits per heavy atom. The van der Waals surface area contributed by atoms with E-state index in [1.807, 2.05) is 0 Å². The van der Waals surface area contributed by atoms with Gasteiger partial charge in [0.15, 0.2) is 0 Å². The van der Waals surface area contributed by atoms with Crippen LogP contribution in [0.2, 0.25) is 0 Å². The fourth-order valence-electron chi connectivity index (χ4n) is 2.66. The van der Waals surface area contributed by atoms with Gasteiger partial charge in [0, 0.05) is 32.2 Å². The van der Waals surface area contributed by atoms with Gasteiger partial charge in [0.2, 0.25) is 10.0 Å². The summed E-state index contributed by atoms with van der Waals surface area (Å²) in [5, 5.41) is 3.14. The van der Waals surface area contributed by atoms with Crippen LogP contribution >= 0.6 is 0 Å². The summed E-state index contributed by atoms with van der Waals surface area (Å²) in [6, 6.07) is -0.0727. The number of morpholine rings is 1. The Balaban J connectivity index is 1.96. The first kappa shape index (κ1) is 15.7. The molecular formula is C12H23N3O4S. The van der Waals surface area contributed by atoms with Gasteiger partial charge in [-0.15, -0.1) is 0 Å². The monoisotopic (exact) mass is 305 g/mol. The Morgan fingerprint density at radius 2 is 2.25 bits per heavy atom. The molecule has 2 aliphatic rings. The predicted molar refractivity (Wildman–Crippen MR) is 74.8 cm³/mol. The number of likely N-dealkylation sites (tertiary alicyclic amines) is 1. The number of hydrogen-bond donors (Lipinski definition) is 2. The second-order valence-corrected chi connectivity index (χ2v) is 7.20. The Bertz CT molecular complexity index is 434. The highest BCUT2D eigenvalue weighted by atomic mass is 32.2. The quantitative estimate of drug-likeness (QED) is 0.689. The van der Waals surface area contributed by atoms with Gasteiger partial charge >= 0.3 is 0 Å². The lowest BCUT2D eigenvalue weighted by molar-refractivity contribution is -0.148. The number of amides is 1. The van der Waals surface area contributed by atoms with E-state index in [0.29, 0.717) is 19.7 Å². The molecule has 0 aliphatic carbocycles. The molecule has 7 nitrogen and oxygen atoms in total. The third-order valence-electron chi connectivity index (χ3n) is 3.69. The van der Waals surface area contributed by atoms with Crippen LogP contribution in [-0.2, 0) is 19.6 Å². The Kier molecular flexibility index (Phi) is 5.36. The van der Waals surface area contributed by atoms with Crippen LogP contribution < -0.4 is 10.0 Å². The lowest BCUT2D eigenvalue weighted by Gasteiger charge is -2.38. The molecule has 2 fully saturated rings. The highest BCUT2D eigenvalue weighted by molar-refractivity contribution is 7.88. The van der Waals surface area contributed by atoms with Crippen molar-refractivity contribution >= 4 is 15.9 Å². The zero-order valence-electron chi connectivity index (χ0n) is 11.8. The van der Waals surface area contributed by atoms with Crippen molar-refractivity contribution in [2.24, 2.45) is 0 Å². The van der Waals surface area contributed by atoms with Crippen molar-refractivity contribution in [2.45, 2.75) is 31.4 Å². The van der Waals surface area contributed by atoms with Gasteiger partial charge in [-0.3, -0.25) is 4.79 Å². The maximum Gasteiger partial charge on any atom is 0.253 e. The van der Waals surface area contributed by atoms with Gasteiger partial charge in [-0.05, 0) is 19.3 Å². The van der Waals surface area contributed by atoms with E-state index in [4.69, 9.17) is 4.74 Å². The average molecular weight is 305 g/mol. The minimum absolute atomic E-state index is 0.0304. The Hall–Kier alpha value is -0.700. The molecule has 116 valence electrons. The summed E-state index contributed by atoms with van der Waals surface area (Å²) in [5.41, 5.74) is 0. The highest BCUT2D eigenvalue weighted by Gasteiger charge is 2.33. The van der Waals surface area contributed by atoms with E-state index in [0.717, 1.165) is 32.1 Å². The number of carbonyl (C=O) groups is 1. The number of ether oxygens (including phenoxy) is 1. The van der Waals surface area contributed by atoms with E-state index < -0.39 is 16.1 Å². The second kappa shape index (κ2) is 6.84. The van der Waals surface area contributed by atoms with Gasteiger partial charge in [0.05, 0.1) is 12.9 Å². The highest BCUT2D eigenvalue weighted by Crippen LogP contribution is 2.18. The number of hydrogen-bond acceptors (Lipinski definition) is 5. The standard InChI is InChI=1S/C12H23N3O4S/c1-20(17,18)14-8-10-4-2-3-6-15(10)12(16)11-9-13-5-7-19-11/h10-11,13-14H,2-9H2,1H3. The van der Waals surface area contributed by atoms with Crippen molar-refractivity contribution in [3.8, 4) is 0 Å². The fourth-order valence-corrected chi connectivity index (χ4v) is 3.15. The van der Waals surface area contributed by atoms with E-state index >= 15 is 0 Å². The van der Waals surface area contributed by atoms with Crippen molar-refractivity contribution < 1.29 is 17.9 Å². The van der Waals surface area contributed by atoms with E-state index in [1.54, 1.807) is 4.90 Å². The van der Waals surface area contributed by atoms with Crippen LogP contribution in [0, 0.1) is 0 Å². The smallest absolute Gasteiger partial charge is 0.253 e. The van der Waals surface area contributed by atoms with Crippen LogP contribution in [0.25, 0.3) is 0 Å². The molecule has 2 unspecified atom stereocenters. The summed E-state index contributed by atoms with van der Waals surface area (Å²) in [6.45, 7) is 2.79. The van der Waals surface area contributed by atoms with Gasteiger partial charge in [-0.25, -0.2) is 13.1 Å². The molecule has 0 aromatic heterocycles. The number of rotatable bonds is 4. The molecule has 0 aromatic rings. The van der Waals surface area contributed by atoms with Crippen LogP contribution in [0.15, 0.2) is 0 Å². The average Bonchev–Trinajstić information content (AvgIpc) is 2.45. The van der Waals surface area contributed by atoms with Crippen molar-refractivity contribution in [3.63, 3.8) is 0 Å².